The predicted molar refractivity (Wildman–Crippen MR) is 75.3 cm³/mol. The lowest BCUT2D eigenvalue weighted by Gasteiger charge is -2.19. The summed E-state index contributed by atoms with van der Waals surface area (Å²) in [4.78, 5) is 11.4. The molecule has 2 rings (SSSR count). The van der Waals surface area contributed by atoms with Crippen LogP contribution in [0.15, 0.2) is 23.1 Å². The molecule has 20 heavy (non-hydrogen) atoms. The molecule has 1 aromatic carbocycles. The van der Waals surface area contributed by atoms with Gasteiger partial charge in [0, 0.05) is 6.04 Å². The van der Waals surface area contributed by atoms with Crippen molar-refractivity contribution in [1.82, 2.24) is 4.72 Å². The zero-order chi connectivity index (χ0) is 14.8. The molecule has 1 amide bonds. The number of fused-ring (bicyclic) bond motifs is 1. The van der Waals surface area contributed by atoms with Gasteiger partial charge < -0.3 is 10.1 Å². The monoisotopic (exact) mass is 298 g/mol. The Morgan fingerprint density at radius 3 is 2.70 bits per heavy atom. The van der Waals surface area contributed by atoms with Crippen LogP contribution in [0.2, 0.25) is 0 Å². The molecular weight excluding hydrogens is 280 g/mol. The molecule has 1 aliphatic rings. The van der Waals surface area contributed by atoms with Crippen LogP contribution in [-0.4, -0.2) is 27.0 Å². The molecule has 1 heterocycles. The molecule has 0 saturated heterocycles. The SMILES string of the molecule is CCC(CC)NS(=O)(=O)c1ccc2c(c1)NC(=O)CO2. The molecule has 0 radical (unpaired) electrons. The molecule has 1 aromatic rings. The number of rotatable bonds is 5. The summed E-state index contributed by atoms with van der Waals surface area (Å²) in [7, 11) is -3.59. The quantitative estimate of drug-likeness (QED) is 0.862. The van der Waals surface area contributed by atoms with Gasteiger partial charge in [0.2, 0.25) is 10.0 Å². The number of nitrogens with one attached hydrogen (secondary N) is 2. The van der Waals surface area contributed by atoms with Gasteiger partial charge in [0.25, 0.3) is 5.91 Å². The number of amides is 1. The number of anilines is 1. The van der Waals surface area contributed by atoms with Crippen LogP contribution in [0.5, 0.6) is 5.75 Å². The minimum absolute atomic E-state index is 0.0505. The van der Waals surface area contributed by atoms with Gasteiger partial charge in [-0.2, -0.15) is 0 Å². The van der Waals surface area contributed by atoms with E-state index in [9.17, 15) is 13.2 Å². The normalized spacial score (nSPS) is 14.7. The second kappa shape index (κ2) is 5.80. The van der Waals surface area contributed by atoms with Crippen LogP contribution in [0.1, 0.15) is 26.7 Å². The minimum Gasteiger partial charge on any atom is -0.482 e. The first-order valence-corrected chi connectivity index (χ1v) is 8.03. The number of ether oxygens (including phenoxy) is 1. The van der Waals surface area contributed by atoms with Gasteiger partial charge in [0.05, 0.1) is 10.6 Å². The maximum Gasteiger partial charge on any atom is 0.262 e. The molecule has 0 saturated carbocycles. The number of benzene rings is 1. The van der Waals surface area contributed by atoms with Gasteiger partial charge in [0.15, 0.2) is 6.61 Å². The van der Waals surface area contributed by atoms with Gasteiger partial charge in [-0.1, -0.05) is 13.8 Å². The second-order valence-electron chi connectivity index (χ2n) is 4.63. The smallest absolute Gasteiger partial charge is 0.262 e. The molecule has 0 fully saturated rings. The largest absolute Gasteiger partial charge is 0.482 e. The highest BCUT2D eigenvalue weighted by molar-refractivity contribution is 7.89. The highest BCUT2D eigenvalue weighted by atomic mass is 32.2. The first-order chi connectivity index (χ1) is 9.46. The third kappa shape index (κ3) is 3.10. The average Bonchev–Trinajstić information content (AvgIpc) is 2.43. The molecule has 110 valence electrons. The first kappa shape index (κ1) is 14.8. The van der Waals surface area contributed by atoms with Crippen LogP contribution in [0.3, 0.4) is 0 Å². The summed E-state index contributed by atoms with van der Waals surface area (Å²) in [5.74, 6) is 0.186. The van der Waals surface area contributed by atoms with Gasteiger partial charge in [-0.3, -0.25) is 4.79 Å². The molecule has 0 bridgehead atoms. The lowest BCUT2D eigenvalue weighted by atomic mass is 10.2. The summed E-state index contributed by atoms with van der Waals surface area (Å²) in [6.07, 6.45) is 1.45. The van der Waals surface area contributed by atoms with Crippen LogP contribution >= 0.6 is 0 Å². The fraction of sp³-hybridized carbons (Fsp3) is 0.462. The fourth-order valence-corrected chi connectivity index (χ4v) is 3.40. The Bertz CT molecular complexity index is 609. The van der Waals surface area contributed by atoms with Crippen molar-refractivity contribution in [3.63, 3.8) is 0 Å². The van der Waals surface area contributed by atoms with Gasteiger partial charge >= 0.3 is 0 Å². The van der Waals surface area contributed by atoms with Crippen molar-refractivity contribution in [3.8, 4) is 5.75 Å². The van der Waals surface area contributed by atoms with Crippen LogP contribution in [0.25, 0.3) is 0 Å². The van der Waals surface area contributed by atoms with E-state index in [1.807, 2.05) is 13.8 Å². The van der Waals surface area contributed by atoms with E-state index in [1.54, 1.807) is 6.07 Å². The van der Waals surface area contributed by atoms with Crippen molar-refractivity contribution >= 4 is 21.6 Å². The van der Waals surface area contributed by atoms with E-state index < -0.39 is 10.0 Å². The molecule has 7 heteroatoms. The number of carbonyl (C=O) groups excluding carboxylic acids is 1. The molecule has 0 aromatic heterocycles. The van der Waals surface area contributed by atoms with Crippen LogP contribution < -0.4 is 14.8 Å². The van der Waals surface area contributed by atoms with Gasteiger partial charge in [-0.25, -0.2) is 13.1 Å². The Morgan fingerprint density at radius 1 is 1.35 bits per heavy atom. The van der Waals surface area contributed by atoms with E-state index in [4.69, 9.17) is 4.74 Å². The van der Waals surface area contributed by atoms with Gasteiger partial charge in [0.1, 0.15) is 5.75 Å². The zero-order valence-corrected chi connectivity index (χ0v) is 12.3. The van der Waals surface area contributed by atoms with E-state index in [2.05, 4.69) is 10.0 Å². The Kier molecular flexibility index (Phi) is 4.29. The summed E-state index contributed by atoms with van der Waals surface area (Å²) in [5.41, 5.74) is 0.383. The third-order valence-corrected chi connectivity index (χ3v) is 4.72. The average molecular weight is 298 g/mol. The maximum absolute atomic E-state index is 12.3. The molecule has 6 nitrogen and oxygen atoms in total. The molecule has 0 atom stereocenters. The van der Waals surface area contributed by atoms with Crippen molar-refractivity contribution in [2.45, 2.75) is 37.6 Å². The van der Waals surface area contributed by atoms with Crippen LogP contribution in [-0.2, 0) is 14.8 Å². The van der Waals surface area contributed by atoms with E-state index >= 15 is 0 Å². The summed E-state index contributed by atoms with van der Waals surface area (Å²) < 4.78 is 32.4. The van der Waals surface area contributed by atoms with Gasteiger partial charge in [-0.15, -0.1) is 0 Å². The first-order valence-electron chi connectivity index (χ1n) is 6.55. The summed E-state index contributed by atoms with van der Waals surface area (Å²) in [5, 5.41) is 2.60. The van der Waals surface area contributed by atoms with E-state index in [0.717, 1.165) is 12.8 Å². The molecule has 0 aliphatic carbocycles. The van der Waals surface area contributed by atoms with E-state index in [0.29, 0.717) is 11.4 Å². The van der Waals surface area contributed by atoms with Crippen molar-refractivity contribution in [2.24, 2.45) is 0 Å². The zero-order valence-electron chi connectivity index (χ0n) is 11.5. The summed E-state index contributed by atoms with van der Waals surface area (Å²) in [6.45, 7) is 3.81. The highest BCUT2D eigenvalue weighted by Crippen LogP contribution is 2.30. The summed E-state index contributed by atoms with van der Waals surface area (Å²) in [6, 6.07) is 4.34. The standard InChI is InChI=1S/C13H18N2O4S/c1-3-9(4-2)15-20(17,18)10-5-6-12-11(7-10)14-13(16)8-19-12/h5-7,9,15H,3-4,8H2,1-2H3,(H,14,16). The number of sulfonamides is 1. The topological polar surface area (TPSA) is 84.5 Å². The van der Waals surface area contributed by atoms with Crippen molar-refractivity contribution < 1.29 is 17.9 Å². The lowest BCUT2D eigenvalue weighted by molar-refractivity contribution is -0.118. The molecule has 1 aliphatic heterocycles. The highest BCUT2D eigenvalue weighted by Gasteiger charge is 2.22. The third-order valence-electron chi connectivity index (χ3n) is 3.20. The van der Waals surface area contributed by atoms with E-state index in [-0.39, 0.29) is 23.5 Å². The van der Waals surface area contributed by atoms with Crippen molar-refractivity contribution in [3.05, 3.63) is 18.2 Å². The van der Waals surface area contributed by atoms with Crippen LogP contribution in [0, 0.1) is 0 Å². The van der Waals surface area contributed by atoms with Crippen molar-refractivity contribution in [2.75, 3.05) is 11.9 Å². The number of hydrogen-bond acceptors (Lipinski definition) is 4. The summed E-state index contributed by atoms with van der Waals surface area (Å²) >= 11 is 0. The molecule has 2 N–H and O–H groups in total. The van der Waals surface area contributed by atoms with E-state index in [1.165, 1.54) is 12.1 Å². The number of hydrogen-bond donors (Lipinski definition) is 2. The second-order valence-corrected chi connectivity index (χ2v) is 6.34. The Balaban J connectivity index is 2.29. The lowest BCUT2D eigenvalue weighted by Crippen LogP contribution is -2.34. The predicted octanol–water partition coefficient (Wildman–Crippen LogP) is 1.48. The Morgan fingerprint density at radius 2 is 2.05 bits per heavy atom. The fourth-order valence-electron chi connectivity index (χ4n) is 1.97. The minimum atomic E-state index is -3.59. The Labute approximate surface area is 118 Å². The molecular formula is C13H18N2O4S. The van der Waals surface area contributed by atoms with Crippen molar-refractivity contribution in [1.29, 1.82) is 0 Å². The maximum atomic E-state index is 12.3. The number of carbonyl (C=O) groups is 1. The molecule has 0 spiro atoms. The van der Waals surface area contributed by atoms with Crippen LogP contribution in [0.4, 0.5) is 5.69 Å². The molecule has 0 unspecified atom stereocenters. The Hall–Kier alpha value is -1.60. The van der Waals surface area contributed by atoms with Gasteiger partial charge in [-0.05, 0) is 31.0 Å².